The molecule has 2 rings (SSSR count). The minimum absolute atomic E-state index is 0.0563. The smallest absolute Gasteiger partial charge is 0.153 e. The van der Waals surface area contributed by atoms with Crippen molar-refractivity contribution in [2.24, 2.45) is 0 Å². The Morgan fingerprint density at radius 1 is 1.35 bits per heavy atom. The molecule has 8 heteroatoms. The zero-order chi connectivity index (χ0) is 14.8. The molecule has 4 nitrogen and oxygen atoms in total. The number of aliphatic hydroxyl groups is 1. The van der Waals surface area contributed by atoms with E-state index in [4.69, 9.17) is 46.4 Å². The molecule has 1 atom stereocenters. The van der Waals surface area contributed by atoms with Crippen molar-refractivity contribution < 1.29 is 5.11 Å². The van der Waals surface area contributed by atoms with Gasteiger partial charge in [-0.05, 0) is 18.2 Å². The lowest BCUT2D eigenvalue weighted by atomic mass is 9.90. The largest absolute Gasteiger partial charge is 0.380 e. The molecule has 0 aliphatic rings. The number of nitrogens with zero attached hydrogens (tertiary/aromatic N) is 2. The van der Waals surface area contributed by atoms with E-state index in [9.17, 15) is 5.11 Å². The molecule has 0 bridgehead atoms. The second-order valence-corrected chi connectivity index (χ2v) is 5.93. The summed E-state index contributed by atoms with van der Waals surface area (Å²) in [4.78, 5) is 3.97. The molecule has 20 heavy (non-hydrogen) atoms. The van der Waals surface area contributed by atoms with Gasteiger partial charge in [0.25, 0.3) is 0 Å². The molecule has 0 amide bonds. The fourth-order valence-electron chi connectivity index (χ4n) is 1.81. The number of aromatic nitrogens is 3. The topological polar surface area (TPSA) is 61.8 Å². The number of nitrogens with one attached hydrogen (secondary N) is 1. The molecule has 1 unspecified atom stereocenters. The molecule has 2 N–H and O–H groups in total. The molecule has 0 aliphatic heterocycles. The summed E-state index contributed by atoms with van der Waals surface area (Å²) in [5.74, 6) is 0.393. The number of hydrogen-bond acceptors (Lipinski definition) is 3. The monoisotopic (exact) mass is 351 g/mol. The van der Waals surface area contributed by atoms with Crippen molar-refractivity contribution in [3.8, 4) is 0 Å². The Kier molecular flexibility index (Phi) is 4.94. The third-order valence-electron chi connectivity index (χ3n) is 2.64. The van der Waals surface area contributed by atoms with E-state index in [0.717, 1.165) is 0 Å². The summed E-state index contributed by atoms with van der Waals surface area (Å²) in [6.07, 6.45) is 2.74. The second kappa shape index (κ2) is 6.33. The molecular weight excluding hydrogens is 344 g/mol. The number of halogens is 4. The van der Waals surface area contributed by atoms with Crippen LogP contribution in [0.2, 0.25) is 10.0 Å². The highest BCUT2D eigenvalue weighted by atomic mass is 35.5. The molecule has 0 spiro atoms. The van der Waals surface area contributed by atoms with E-state index in [2.05, 4.69) is 15.2 Å². The van der Waals surface area contributed by atoms with Gasteiger partial charge in [0.1, 0.15) is 16.4 Å². The first-order chi connectivity index (χ1) is 9.40. The highest BCUT2D eigenvalue weighted by Crippen LogP contribution is 2.35. The maximum atomic E-state index is 10.8. The molecule has 0 aliphatic carbocycles. The van der Waals surface area contributed by atoms with Crippen LogP contribution in [0.4, 0.5) is 0 Å². The third-order valence-corrected chi connectivity index (χ3v) is 3.40. The Morgan fingerprint density at radius 3 is 2.65 bits per heavy atom. The first-order valence-corrected chi connectivity index (χ1v) is 6.98. The van der Waals surface area contributed by atoms with Gasteiger partial charge in [-0.3, -0.25) is 5.10 Å². The molecule has 1 heterocycles. The maximum absolute atomic E-state index is 10.8. The van der Waals surface area contributed by atoms with E-state index < -0.39 is 5.60 Å². The fraction of sp³-hybridized carbons (Fsp3) is 0.167. The minimum atomic E-state index is -1.54. The summed E-state index contributed by atoms with van der Waals surface area (Å²) in [5, 5.41) is 18.0. The number of benzene rings is 1. The van der Waals surface area contributed by atoms with E-state index in [-0.39, 0.29) is 10.9 Å². The first kappa shape index (κ1) is 15.6. The van der Waals surface area contributed by atoms with Crippen LogP contribution < -0.4 is 0 Å². The zero-order valence-electron chi connectivity index (χ0n) is 9.95. The lowest BCUT2D eigenvalue weighted by Gasteiger charge is -2.25. The number of H-pyrrole nitrogens is 1. The number of aromatic amines is 1. The lowest BCUT2D eigenvalue weighted by molar-refractivity contribution is 0.0877. The van der Waals surface area contributed by atoms with E-state index in [0.29, 0.717) is 21.4 Å². The van der Waals surface area contributed by atoms with Gasteiger partial charge >= 0.3 is 0 Å². The minimum Gasteiger partial charge on any atom is -0.380 e. The predicted molar refractivity (Wildman–Crippen MR) is 80.2 cm³/mol. The van der Waals surface area contributed by atoms with Crippen molar-refractivity contribution in [1.29, 1.82) is 0 Å². The quantitative estimate of drug-likeness (QED) is 0.878. The Bertz CT molecular complexity index is 626. The molecular formula is C12H9Cl4N3O. The Hall–Kier alpha value is -0.780. The van der Waals surface area contributed by atoms with Crippen molar-refractivity contribution in [3.05, 3.63) is 56.5 Å². The molecule has 1 aromatic carbocycles. The van der Waals surface area contributed by atoms with Crippen LogP contribution in [-0.2, 0) is 12.0 Å². The van der Waals surface area contributed by atoms with Gasteiger partial charge in [-0.25, -0.2) is 4.98 Å². The van der Waals surface area contributed by atoms with Crippen LogP contribution in [0.3, 0.4) is 0 Å². The van der Waals surface area contributed by atoms with Gasteiger partial charge in [0, 0.05) is 22.0 Å². The van der Waals surface area contributed by atoms with E-state index >= 15 is 0 Å². The van der Waals surface area contributed by atoms with E-state index in [1.165, 1.54) is 18.5 Å². The normalized spacial score (nSPS) is 13.8. The Morgan fingerprint density at radius 2 is 2.10 bits per heavy atom. The maximum Gasteiger partial charge on any atom is 0.153 e. The van der Waals surface area contributed by atoms with Crippen LogP contribution in [0.15, 0.2) is 35.1 Å². The average molecular weight is 353 g/mol. The molecule has 2 aromatic rings. The van der Waals surface area contributed by atoms with Crippen LogP contribution in [0.1, 0.15) is 11.4 Å². The van der Waals surface area contributed by atoms with Gasteiger partial charge in [-0.1, -0.05) is 52.5 Å². The second-order valence-electron chi connectivity index (χ2n) is 4.07. The molecule has 0 radical (unpaired) electrons. The number of rotatable bonds is 4. The lowest BCUT2D eigenvalue weighted by Crippen LogP contribution is -2.27. The molecule has 0 fully saturated rings. The van der Waals surface area contributed by atoms with Crippen molar-refractivity contribution in [2.45, 2.75) is 12.0 Å². The highest BCUT2D eigenvalue weighted by molar-refractivity contribution is 6.55. The SMILES string of the molecule is OC(C=C(Cl)Cl)(Cc1nc[nH]n1)c1ccc(Cl)cc1Cl. The first-order valence-electron chi connectivity index (χ1n) is 5.47. The van der Waals surface area contributed by atoms with Crippen LogP contribution in [-0.4, -0.2) is 20.3 Å². The predicted octanol–water partition coefficient (Wildman–Crippen LogP) is 3.86. The fourth-order valence-corrected chi connectivity index (χ4v) is 2.74. The van der Waals surface area contributed by atoms with Crippen LogP contribution >= 0.6 is 46.4 Å². The standard InChI is InChI=1S/C12H9Cl4N3O/c13-7-1-2-8(9(14)3-7)12(20,4-10(15)16)5-11-17-6-18-19-11/h1-4,6,20H,5H2,(H,17,18,19). The van der Waals surface area contributed by atoms with E-state index in [1.54, 1.807) is 12.1 Å². The highest BCUT2D eigenvalue weighted by Gasteiger charge is 2.31. The molecule has 0 saturated heterocycles. The van der Waals surface area contributed by atoms with Gasteiger partial charge < -0.3 is 5.11 Å². The van der Waals surface area contributed by atoms with Gasteiger partial charge in [0.2, 0.25) is 0 Å². The average Bonchev–Trinajstić information content (AvgIpc) is 2.79. The van der Waals surface area contributed by atoms with Gasteiger partial charge in [0.05, 0.1) is 0 Å². The van der Waals surface area contributed by atoms with Gasteiger partial charge in [0.15, 0.2) is 5.82 Å². The van der Waals surface area contributed by atoms with Crippen molar-refractivity contribution in [1.82, 2.24) is 15.2 Å². The van der Waals surface area contributed by atoms with Crippen molar-refractivity contribution >= 4 is 46.4 Å². The third kappa shape index (κ3) is 3.65. The van der Waals surface area contributed by atoms with Crippen molar-refractivity contribution in [3.63, 3.8) is 0 Å². The van der Waals surface area contributed by atoms with E-state index in [1.807, 2.05) is 0 Å². The summed E-state index contributed by atoms with van der Waals surface area (Å²) in [7, 11) is 0. The molecule has 1 aromatic heterocycles. The summed E-state index contributed by atoms with van der Waals surface area (Å²) in [5.41, 5.74) is -1.13. The summed E-state index contributed by atoms with van der Waals surface area (Å²) in [6, 6.07) is 4.74. The van der Waals surface area contributed by atoms with Gasteiger partial charge in [-0.2, -0.15) is 5.10 Å². The Labute approximate surface area is 135 Å². The van der Waals surface area contributed by atoms with Crippen LogP contribution in [0.25, 0.3) is 0 Å². The Balaban J connectivity index is 2.48. The van der Waals surface area contributed by atoms with Gasteiger partial charge in [-0.15, -0.1) is 0 Å². The van der Waals surface area contributed by atoms with Crippen molar-refractivity contribution in [2.75, 3.05) is 0 Å². The molecule has 106 valence electrons. The van der Waals surface area contributed by atoms with Crippen LogP contribution in [0.5, 0.6) is 0 Å². The summed E-state index contributed by atoms with van der Waals surface area (Å²) in [6.45, 7) is 0. The summed E-state index contributed by atoms with van der Waals surface area (Å²) >= 11 is 23.4. The van der Waals surface area contributed by atoms with Crippen LogP contribution in [0, 0.1) is 0 Å². The zero-order valence-corrected chi connectivity index (χ0v) is 13.0. The number of hydrogen-bond donors (Lipinski definition) is 2. The molecule has 0 saturated carbocycles. The summed E-state index contributed by atoms with van der Waals surface area (Å²) < 4.78 is -0.0888.